The second kappa shape index (κ2) is 15.1. The van der Waals surface area contributed by atoms with E-state index in [1.807, 2.05) is 12.1 Å². The van der Waals surface area contributed by atoms with Gasteiger partial charge in [-0.1, -0.05) is 70.9 Å². The highest BCUT2D eigenvalue weighted by Gasteiger charge is 2.16. The largest absolute Gasteiger partial charge is 0.454 e. The third kappa shape index (κ3) is 8.82. The van der Waals surface area contributed by atoms with Crippen LogP contribution in [0.1, 0.15) is 95.6 Å². The van der Waals surface area contributed by atoms with E-state index in [2.05, 4.69) is 48.7 Å². The molecule has 2 aliphatic heterocycles. The Bertz CT molecular complexity index is 875. The van der Waals surface area contributed by atoms with Crippen LogP contribution < -0.4 is 29.6 Å². The Hall–Kier alpha value is -2.44. The van der Waals surface area contributed by atoms with Crippen LogP contribution in [-0.2, 0) is 13.1 Å². The number of hydrogen-bond acceptors (Lipinski definition) is 6. The van der Waals surface area contributed by atoms with Gasteiger partial charge in [0, 0.05) is 25.2 Å². The van der Waals surface area contributed by atoms with Gasteiger partial charge in [0.1, 0.15) is 0 Å². The van der Waals surface area contributed by atoms with Gasteiger partial charge in [-0.05, 0) is 61.1 Å². The molecule has 0 fully saturated rings. The summed E-state index contributed by atoms with van der Waals surface area (Å²) >= 11 is 0. The Balaban J connectivity index is 1.16. The van der Waals surface area contributed by atoms with Gasteiger partial charge in [0.05, 0.1) is 0 Å². The van der Waals surface area contributed by atoms with Gasteiger partial charge in [0.2, 0.25) is 13.6 Å². The van der Waals surface area contributed by atoms with Gasteiger partial charge in [-0.3, -0.25) is 0 Å². The summed E-state index contributed by atoms with van der Waals surface area (Å²) in [5.74, 6) is 3.45. The predicted octanol–water partition coefficient (Wildman–Crippen LogP) is 7.09. The van der Waals surface area contributed by atoms with Crippen molar-refractivity contribution in [3.8, 4) is 23.0 Å². The zero-order valence-corrected chi connectivity index (χ0v) is 22.9. The number of nitrogens with one attached hydrogen (secondary N) is 2. The highest BCUT2D eigenvalue weighted by atomic mass is 16.7. The lowest BCUT2D eigenvalue weighted by Crippen LogP contribution is -2.29. The van der Waals surface area contributed by atoms with Crippen molar-refractivity contribution < 1.29 is 18.9 Å². The van der Waals surface area contributed by atoms with Crippen LogP contribution in [0.15, 0.2) is 36.4 Å². The summed E-state index contributed by atoms with van der Waals surface area (Å²) in [5, 5.41) is 7.64. The molecule has 0 bridgehead atoms. The van der Waals surface area contributed by atoms with Crippen molar-refractivity contribution in [3.05, 3.63) is 47.5 Å². The summed E-state index contributed by atoms with van der Waals surface area (Å²) in [6.07, 6.45) is 13.9. The second-order valence-electron chi connectivity index (χ2n) is 10.5. The zero-order valence-electron chi connectivity index (χ0n) is 22.9. The van der Waals surface area contributed by atoms with E-state index in [-0.39, 0.29) is 0 Å². The van der Waals surface area contributed by atoms with Gasteiger partial charge in [0.25, 0.3) is 0 Å². The van der Waals surface area contributed by atoms with Crippen molar-refractivity contribution in [3.63, 3.8) is 0 Å². The van der Waals surface area contributed by atoms with Crippen LogP contribution in [0.2, 0.25) is 0 Å². The third-order valence-corrected chi connectivity index (χ3v) is 7.48. The van der Waals surface area contributed by atoms with Crippen molar-refractivity contribution in [2.24, 2.45) is 0 Å². The standard InChI is InChI=1S/C31H46N2O4/c1-3-5-10-26(32-20-24-14-16-28-30(18-24)36-22-34-28)12-8-7-9-13-27(11-6-4-2)33-21-25-15-17-29-31(19-25)37-23-35-29/h14-19,26-27,32-33H,3-13,20-23H2,1-2H3/t26-,27+. The van der Waals surface area contributed by atoms with Crippen LogP contribution in [-0.4, -0.2) is 25.7 Å². The molecule has 6 heteroatoms. The van der Waals surface area contributed by atoms with E-state index in [0.29, 0.717) is 25.7 Å². The van der Waals surface area contributed by atoms with Crippen molar-refractivity contribution >= 4 is 0 Å². The van der Waals surface area contributed by atoms with Gasteiger partial charge >= 0.3 is 0 Å². The first-order valence-electron chi connectivity index (χ1n) is 14.5. The average Bonchev–Trinajstić information content (AvgIpc) is 3.59. The van der Waals surface area contributed by atoms with E-state index in [4.69, 9.17) is 18.9 Å². The highest BCUT2D eigenvalue weighted by Crippen LogP contribution is 2.33. The fourth-order valence-electron chi connectivity index (χ4n) is 5.18. The minimum absolute atomic E-state index is 0.332. The molecule has 0 radical (unpaired) electrons. The molecule has 0 saturated carbocycles. The second-order valence-corrected chi connectivity index (χ2v) is 10.5. The van der Waals surface area contributed by atoms with Crippen LogP contribution >= 0.6 is 0 Å². The molecule has 4 rings (SSSR count). The van der Waals surface area contributed by atoms with Gasteiger partial charge in [0.15, 0.2) is 23.0 Å². The van der Waals surface area contributed by atoms with Crippen LogP contribution in [0, 0.1) is 0 Å². The molecule has 2 heterocycles. The smallest absolute Gasteiger partial charge is 0.231 e. The van der Waals surface area contributed by atoms with Crippen molar-refractivity contribution in [2.75, 3.05) is 13.6 Å². The summed E-state index contributed by atoms with van der Waals surface area (Å²) in [7, 11) is 0. The first-order valence-corrected chi connectivity index (χ1v) is 14.5. The van der Waals surface area contributed by atoms with E-state index >= 15 is 0 Å². The molecule has 0 amide bonds. The first-order chi connectivity index (χ1) is 18.2. The monoisotopic (exact) mass is 510 g/mol. The highest BCUT2D eigenvalue weighted by molar-refractivity contribution is 5.45. The lowest BCUT2D eigenvalue weighted by atomic mass is 9.99. The molecule has 204 valence electrons. The Morgan fingerprint density at radius 3 is 1.46 bits per heavy atom. The summed E-state index contributed by atoms with van der Waals surface area (Å²) in [4.78, 5) is 0. The summed E-state index contributed by atoms with van der Waals surface area (Å²) < 4.78 is 22.0. The normalized spacial score (nSPS) is 15.2. The van der Waals surface area contributed by atoms with Crippen molar-refractivity contribution in [1.29, 1.82) is 0 Å². The topological polar surface area (TPSA) is 61.0 Å². The molecule has 2 aromatic rings. The van der Waals surface area contributed by atoms with Crippen LogP contribution in [0.3, 0.4) is 0 Å². The Kier molecular flexibility index (Phi) is 11.3. The number of rotatable bonds is 18. The van der Waals surface area contributed by atoms with E-state index in [1.54, 1.807) is 0 Å². The minimum atomic E-state index is 0.332. The van der Waals surface area contributed by atoms with E-state index in [0.717, 1.165) is 36.1 Å². The molecule has 2 aromatic carbocycles. The Labute approximate surface area is 223 Å². The number of unbranched alkanes of at least 4 members (excludes halogenated alkanes) is 4. The quantitative estimate of drug-likeness (QED) is 0.209. The number of hydrogen-bond donors (Lipinski definition) is 2. The van der Waals surface area contributed by atoms with E-state index in [9.17, 15) is 0 Å². The molecule has 37 heavy (non-hydrogen) atoms. The molecule has 0 unspecified atom stereocenters. The zero-order chi connectivity index (χ0) is 25.7. The average molecular weight is 511 g/mol. The number of benzene rings is 2. The maximum atomic E-state index is 5.54. The molecule has 0 spiro atoms. The maximum absolute atomic E-state index is 5.54. The number of fused-ring (bicyclic) bond motifs is 2. The Morgan fingerprint density at radius 1 is 0.568 bits per heavy atom. The molecule has 6 nitrogen and oxygen atoms in total. The van der Waals surface area contributed by atoms with Crippen LogP contribution in [0.25, 0.3) is 0 Å². The molecular formula is C31H46N2O4. The number of ether oxygens (including phenoxy) is 4. The lowest BCUT2D eigenvalue weighted by molar-refractivity contribution is 0.173. The van der Waals surface area contributed by atoms with E-state index in [1.165, 1.54) is 81.8 Å². The van der Waals surface area contributed by atoms with Gasteiger partial charge in [-0.2, -0.15) is 0 Å². The molecule has 2 atom stereocenters. The van der Waals surface area contributed by atoms with Crippen molar-refractivity contribution in [2.45, 2.75) is 110 Å². The van der Waals surface area contributed by atoms with Gasteiger partial charge < -0.3 is 29.6 Å². The van der Waals surface area contributed by atoms with Crippen molar-refractivity contribution in [1.82, 2.24) is 10.6 Å². The Morgan fingerprint density at radius 2 is 1.00 bits per heavy atom. The fourth-order valence-corrected chi connectivity index (χ4v) is 5.18. The molecule has 2 N–H and O–H groups in total. The summed E-state index contributed by atoms with van der Waals surface area (Å²) in [5.41, 5.74) is 2.52. The first kappa shape index (κ1) is 27.6. The summed E-state index contributed by atoms with van der Waals surface area (Å²) in [6, 6.07) is 13.7. The molecular weight excluding hydrogens is 464 g/mol. The predicted molar refractivity (Wildman–Crippen MR) is 149 cm³/mol. The molecule has 0 aromatic heterocycles. The van der Waals surface area contributed by atoms with Crippen LogP contribution in [0.4, 0.5) is 0 Å². The maximum Gasteiger partial charge on any atom is 0.231 e. The lowest BCUT2D eigenvalue weighted by Gasteiger charge is -2.20. The summed E-state index contributed by atoms with van der Waals surface area (Å²) in [6.45, 7) is 6.99. The van der Waals surface area contributed by atoms with E-state index < -0.39 is 0 Å². The van der Waals surface area contributed by atoms with Gasteiger partial charge in [-0.15, -0.1) is 0 Å². The van der Waals surface area contributed by atoms with Gasteiger partial charge in [-0.25, -0.2) is 0 Å². The fraction of sp³-hybridized carbons (Fsp3) is 0.613. The minimum Gasteiger partial charge on any atom is -0.454 e. The third-order valence-electron chi connectivity index (χ3n) is 7.48. The van der Waals surface area contributed by atoms with Crippen LogP contribution in [0.5, 0.6) is 23.0 Å². The SMILES string of the molecule is CCCC[C@H](CCCCC[C@H](CCCC)NCc1ccc2c(c1)OCO2)NCc1ccc2c(c1)OCO2. The molecule has 0 aliphatic carbocycles. The molecule has 2 aliphatic rings. The molecule has 0 saturated heterocycles.